The van der Waals surface area contributed by atoms with E-state index >= 15 is 0 Å². The monoisotopic (exact) mass is 348 g/mol. The van der Waals surface area contributed by atoms with Crippen molar-refractivity contribution in [2.24, 2.45) is 0 Å². The molecule has 1 aliphatic carbocycles. The Morgan fingerprint density at radius 1 is 1.30 bits per heavy atom. The first-order valence-electron chi connectivity index (χ1n) is 6.98. The highest BCUT2D eigenvalue weighted by Gasteiger charge is 2.30. The minimum absolute atomic E-state index is 0.0985. The van der Waals surface area contributed by atoms with Gasteiger partial charge in [0, 0.05) is 18.3 Å². The molecule has 9 heteroatoms. The molecule has 3 aromatic heterocycles. The number of hydrogen-bond acceptors (Lipinski definition) is 7. The normalized spacial score (nSPS) is 14.8. The van der Waals surface area contributed by atoms with Gasteiger partial charge in [0.05, 0.1) is 5.69 Å². The second kappa shape index (κ2) is 5.43. The molecule has 0 radical (unpaired) electrons. The predicted octanol–water partition coefficient (Wildman–Crippen LogP) is 2.87. The molecular formula is C14H12N4O3S2. The van der Waals surface area contributed by atoms with Gasteiger partial charge in [-0.05, 0) is 36.4 Å². The Labute approximate surface area is 136 Å². The van der Waals surface area contributed by atoms with Gasteiger partial charge in [-0.1, -0.05) is 5.16 Å². The molecule has 7 nitrogen and oxygen atoms in total. The molecule has 3 aromatic rings. The molecular weight excluding hydrogens is 336 g/mol. The van der Waals surface area contributed by atoms with E-state index in [1.807, 2.05) is 0 Å². The van der Waals surface area contributed by atoms with Crippen LogP contribution in [0.5, 0.6) is 0 Å². The summed E-state index contributed by atoms with van der Waals surface area (Å²) in [6, 6.07) is 4.73. The van der Waals surface area contributed by atoms with E-state index in [1.165, 1.54) is 29.8 Å². The van der Waals surface area contributed by atoms with Gasteiger partial charge in [0.15, 0.2) is 5.82 Å². The summed E-state index contributed by atoms with van der Waals surface area (Å²) in [5.41, 5.74) is 0.421. The van der Waals surface area contributed by atoms with Crippen molar-refractivity contribution in [3.63, 3.8) is 0 Å². The van der Waals surface area contributed by atoms with Crippen LogP contribution in [0.15, 0.2) is 45.4 Å². The van der Waals surface area contributed by atoms with Crippen LogP contribution >= 0.6 is 11.3 Å². The summed E-state index contributed by atoms with van der Waals surface area (Å²) in [5, 5.41) is 5.74. The smallest absolute Gasteiger partial charge is 0.270 e. The zero-order chi connectivity index (χ0) is 15.9. The molecule has 118 valence electrons. The van der Waals surface area contributed by atoms with Crippen molar-refractivity contribution in [1.82, 2.24) is 15.1 Å². The van der Waals surface area contributed by atoms with Crippen molar-refractivity contribution in [2.45, 2.75) is 23.7 Å². The molecule has 1 aliphatic rings. The number of anilines is 1. The Balaban J connectivity index is 1.64. The highest BCUT2D eigenvalue weighted by Crippen LogP contribution is 2.40. The first-order valence-corrected chi connectivity index (χ1v) is 9.34. The fourth-order valence-electron chi connectivity index (χ4n) is 2.10. The van der Waals surface area contributed by atoms with E-state index < -0.39 is 10.0 Å². The zero-order valence-electron chi connectivity index (χ0n) is 11.8. The Morgan fingerprint density at radius 2 is 2.17 bits per heavy atom. The summed E-state index contributed by atoms with van der Waals surface area (Å²) in [4.78, 5) is 8.90. The number of nitrogens with one attached hydrogen (secondary N) is 1. The third-order valence-electron chi connectivity index (χ3n) is 3.43. The third-order valence-corrected chi connectivity index (χ3v) is 5.69. The first kappa shape index (κ1) is 14.3. The van der Waals surface area contributed by atoms with Crippen LogP contribution in [0.1, 0.15) is 24.6 Å². The van der Waals surface area contributed by atoms with Gasteiger partial charge in [-0.25, -0.2) is 8.42 Å². The van der Waals surface area contributed by atoms with Crippen LogP contribution in [0.3, 0.4) is 0 Å². The fraction of sp³-hybridized carbons (Fsp3) is 0.214. The summed E-state index contributed by atoms with van der Waals surface area (Å²) >= 11 is 1.35. The number of pyridine rings is 1. The van der Waals surface area contributed by atoms with E-state index in [2.05, 4.69) is 19.8 Å². The maximum Gasteiger partial charge on any atom is 0.270 e. The third kappa shape index (κ3) is 2.84. The van der Waals surface area contributed by atoms with Crippen LogP contribution in [0.25, 0.3) is 10.8 Å². The van der Waals surface area contributed by atoms with Gasteiger partial charge < -0.3 is 4.52 Å². The lowest BCUT2D eigenvalue weighted by Gasteiger charge is -2.06. The average Bonchev–Trinajstić information content (AvgIpc) is 3.11. The molecule has 1 N–H and O–H groups in total. The zero-order valence-corrected chi connectivity index (χ0v) is 13.5. The van der Waals surface area contributed by atoms with E-state index in [-0.39, 0.29) is 4.90 Å². The van der Waals surface area contributed by atoms with Gasteiger partial charge in [-0.3, -0.25) is 9.71 Å². The highest BCUT2D eigenvalue weighted by molar-refractivity contribution is 7.92. The summed E-state index contributed by atoms with van der Waals surface area (Å²) in [6.07, 6.45) is 4.97. The maximum atomic E-state index is 12.4. The van der Waals surface area contributed by atoms with Crippen LogP contribution in [0.4, 0.5) is 5.69 Å². The number of aromatic nitrogens is 3. The second-order valence-corrected chi connectivity index (χ2v) is 7.79. The molecule has 0 aliphatic heterocycles. The molecule has 0 saturated heterocycles. The molecule has 0 atom stereocenters. The van der Waals surface area contributed by atoms with Crippen LogP contribution < -0.4 is 4.72 Å². The lowest BCUT2D eigenvalue weighted by atomic mass is 10.4. The molecule has 0 unspecified atom stereocenters. The second-order valence-electron chi connectivity index (χ2n) is 5.19. The van der Waals surface area contributed by atoms with Crippen molar-refractivity contribution in [2.75, 3.05) is 4.72 Å². The Hall–Kier alpha value is -2.26. The van der Waals surface area contributed by atoms with Gasteiger partial charge in [-0.2, -0.15) is 4.98 Å². The SMILES string of the molecule is O=S(=O)(Nc1ccsc1-c1nc(C2CC2)no1)c1cccnc1. The molecule has 4 rings (SSSR count). The Bertz CT molecular complexity index is 930. The summed E-state index contributed by atoms with van der Waals surface area (Å²) in [6.45, 7) is 0. The van der Waals surface area contributed by atoms with Gasteiger partial charge in [-0.15, -0.1) is 11.3 Å². The van der Waals surface area contributed by atoms with Crippen molar-refractivity contribution < 1.29 is 12.9 Å². The van der Waals surface area contributed by atoms with Crippen LogP contribution in [-0.2, 0) is 10.0 Å². The summed E-state index contributed by atoms with van der Waals surface area (Å²) in [7, 11) is -3.71. The molecule has 1 fully saturated rings. The summed E-state index contributed by atoms with van der Waals surface area (Å²) in [5.74, 6) is 1.41. The molecule has 0 aromatic carbocycles. The quantitative estimate of drug-likeness (QED) is 0.761. The number of hydrogen-bond donors (Lipinski definition) is 1. The Kier molecular flexibility index (Phi) is 3.38. The molecule has 0 spiro atoms. The number of thiophene rings is 1. The average molecular weight is 348 g/mol. The fourth-order valence-corrected chi connectivity index (χ4v) is 3.97. The van der Waals surface area contributed by atoms with Gasteiger partial charge >= 0.3 is 0 Å². The molecule has 3 heterocycles. The molecule has 1 saturated carbocycles. The van der Waals surface area contributed by atoms with Crippen LogP contribution in [0, 0.1) is 0 Å². The van der Waals surface area contributed by atoms with Gasteiger partial charge in [0.25, 0.3) is 15.9 Å². The first-order chi connectivity index (χ1) is 11.1. The van der Waals surface area contributed by atoms with Crippen molar-refractivity contribution in [3.8, 4) is 10.8 Å². The summed E-state index contributed by atoms with van der Waals surface area (Å²) < 4.78 is 32.6. The number of sulfonamides is 1. The van der Waals surface area contributed by atoms with Crippen LogP contribution in [0.2, 0.25) is 0 Å². The van der Waals surface area contributed by atoms with Crippen molar-refractivity contribution in [3.05, 3.63) is 41.8 Å². The van der Waals surface area contributed by atoms with Crippen molar-refractivity contribution >= 4 is 27.0 Å². The molecule has 0 amide bonds. The standard InChI is InChI=1S/C14H12N4O3S2/c19-23(20,10-2-1-6-15-8-10)18-11-5-7-22-12(11)14-16-13(17-21-14)9-3-4-9/h1-2,5-9,18H,3-4H2. The van der Waals surface area contributed by atoms with Crippen LogP contribution in [-0.4, -0.2) is 23.5 Å². The lowest BCUT2D eigenvalue weighted by Crippen LogP contribution is -2.13. The van der Waals surface area contributed by atoms with E-state index in [0.29, 0.717) is 28.2 Å². The van der Waals surface area contributed by atoms with E-state index in [9.17, 15) is 8.42 Å². The number of rotatable bonds is 5. The molecule has 23 heavy (non-hydrogen) atoms. The predicted molar refractivity (Wildman–Crippen MR) is 84.6 cm³/mol. The minimum Gasteiger partial charge on any atom is -0.333 e. The highest BCUT2D eigenvalue weighted by atomic mass is 32.2. The van der Waals surface area contributed by atoms with Gasteiger partial charge in [0.2, 0.25) is 0 Å². The molecule has 0 bridgehead atoms. The van der Waals surface area contributed by atoms with E-state index in [1.54, 1.807) is 17.5 Å². The van der Waals surface area contributed by atoms with Crippen molar-refractivity contribution in [1.29, 1.82) is 0 Å². The largest absolute Gasteiger partial charge is 0.333 e. The minimum atomic E-state index is -3.71. The topological polar surface area (TPSA) is 98.0 Å². The lowest BCUT2D eigenvalue weighted by molar-refractivity contribution is 0.423. The van der Waals surface area contributed by atoms with E-state index in [4.69, 9.17) is 4.52 Å². The Morgan fingerprint density at radius 3 is 2.91 bits per heavy atom. The van der Waals surface area contributed by atoms with Gasteiger partial charge in [0.1, 0.15) is 9.77 Å². The number of nitrogens with zero attached hydrogens (tertiary/aromatic N) is 3. The maximum absolute atomic E-state index is 12.4. The van der Waals surface area contributed by atoms with E-state index in [0.717, 1.165) is 12.8 Å².